The van der Waals surface area contributed by atoms with Gasteiger partial charge in [-0.3, -0.25) is 4.98 Å². The minimum atomic E-state index is -1.05. The van der Waals surface area contributed by atoms with Crippen LogP contribution >= 0.6 is 0 Å². The van der Waals surface area contributed by atoms with Gasteiger partial charge in [-0.2, -0.15) is 0 Å². The first-order valence-corrected chi connectivity index (χ1v) is 5.07. The average molecular weight is 220 g/mol. The van der Waals surface area contributed by atoms with Crippen LogP contribution in [0.15, 0.2) is 30.7 Å². The molecule has 0 fully saturated rings. The van der Waals surface area contributed by atoms with Gasteiger partial charge in [-0.25, -0.2) is 9.69 Å². The van der Waals surface area contributed by atoms with Crippen LogP contribution in [-0.2, 0) is 0 Å². The van der Waals surface area contributed by atoms with Gasteiger partial charge in [0.15, 0.2) is 0 Å². The molecule has 1 aromatic heterocycles. The molecule has 0 aromatic carbocycles. The van der Waals surface area contributed by atoms with E-state index < -0.39 is 6.09 Å². The van der Waals surface area contributed by atoms with Gasteiger partial charge < -0.3 is 5.11 Å². The third-order valence-corrected chi connectivity index (χ3v) is 2.24. The Morgan fingerprint density at radius 3 is 2.56 bits per heavy atom. The number of carbonyl (C=O) groups is 1. The largest absolute Gasteiger partial charge is 0.464 e. The molecular formula is C12H16N2O2. The zero-order valence-electron chi connectivity index (χ0n) is 9.77. The van der Waals surface area contributed by atoms with E-state index in [1.165, 1.54) is 6.20 Å². The van der Waals surface area contributed by atoms with E-state index in [1.54, 1.807) is 13.1 Å². The summed E-state index contributed by atoms with van der Waals surface area (Å²) in [4.78, 5) is 16.2. The second-order valence-electron chi connectivity index (χ2n) is 3.98. The first kappa shape index (κ1) is 12.2. The van der Waals surface area contributed by atoms with E-state index in [9.17, 15) is 4.79 Å². The van der Waals surface area contributed by atoms with E-state index >= 15 is 0 Å². The molecule has 0 saturated carbocycles. The van der Waals surface area contributed by atoms with Crippen molar-refractivity contribution in [3.05, 3.63) is 36.3 Å². The zero-order chi connectivity index (χ0) is 12.3. The molecule has 1 amide bonds. The third kappa shape index (κ3) is 2.59. The molecule has 1 rings (SSSR count). The number of nitrogens with zero attached hydrogens (tertiary/aromatic N) is 2. The van der Waals surface area contributed by atoms with E-state index in [4.69, 9.17) is 5.11 Å². The second-order valence-corrected chi connectivity index (χ2v) is 3.98. The zero-order valence-corrected chi connectivity index (χ0v) is 9.77. The van der Waals surface area contributed by atoms with Gasteiger partial charge in [-0.05, 0) is 24.5 Å². The molecule has 0 spiro atoms. The Kier molecular flexibility index (Phi) is 3.66. The van der Waals surface area contributed by atoms with Crippen LogP contribution in [0.2, 0.25) is 0 Å². The first-order chi connectivity index (χ1) is 7.43. The lowest BCUT2D eigenvalue weighted by atomic mass is 10.1. The predicted molar refractivity (Wildman–Crippen MR) is 63.6 cm³/mol. The SMILES string of the molecule is C=C(C)N(C(=O)O)c1cncc(C(C)C)c1. The molecule has 1 N–H and O–H groups in total. The molecule has 0 saturated heterocycles. The number of carboxylic acid groups (broad SMARTS) is 1. The Morgan fingerprint density at radius 2 is 2.12 bits per heavy atom. The molecule has 1 aromatic rings. The van der Waals surface area contributed by atoms with Crippen molar-refractivity contribution in [2.24, 2.45) is 0 Å². The molecule has 0 radical (unpaired) electrons. The highest BCUT2D eigenvalue weighted by Gasteiger charge is 2.16. The first-order valence-electron chi connectivity index (χ1n) is 5.07. The quantitative estimate of drug-likeness (QED) is 0.850. The number of pyridine rings is 1. The predicted octanol–water partition coefficient (Wildman–Crippen LogP) is 3.22. The number of allylic oxidation sites excluding steroid dienone is 1. The molecule has 4 heteroatoms. The Labute approximate surface area is 95.2 Å². The molecule has 0 aliphatic carbocycles. The van der Waals surface area contributed by atoms with Gasteiger partial charge in [-0.15, -0.1) is 0 Å². The number of hydrogen-bond donors (Lipinski definition) is 1. The Bertz CT molecular complexity index is 399. The lowest BCUT2D eigenvalue weighted by molar-refractivity contribution is 0.204. The summed E-state index contributed by atoms with van der Waals surface area (Å²) in [7, 11) is 0. The summed E-state index contributed by atoms with van der Waals surface area (Å²) in [5, 5.41) is 9.06. The van der Waals surface area contributed by atoms with E-state index in [1.807, 2.05) is 19.9 Å². The Balaban J connectivity index is 3.15. The van der Waals surface area contributed by atoms with Crippen molar-refractivity contribution < 1.29 is 9.90 Å². The normalized spacial score (nSPS) is 10.2. The van der Waals surface area contributed by atoms with E-state index in [0.717, 1.165) is 10.5 Å². The Hall–Kier alpha value is -1.84. The molecule has 86 valence electrons. The smallest absolute Gasteiger partial charge is 0.416 e. The molecular weight excluding hydrogens is 204 g/mol. The lowest BCUT2D eigenvalue weighted by Gasteiger charge is -2.19. The summed E-state index contributed by atoms with van der Waals surface area (Å²) in [5.74, 6) is 0.313. The van der Waals surface area contributed by atoms with Crippen LogP contribution in [0.25, 0.3) is 0 Å². The molecule has 0 bridgehead atoms. The van der Waals surface area contributed by atoms with Gasteiger partial charge in [0, 0.05) is 11.9 Å². The minimum Gasteiger partial charge on any atom is -0.464 e. The number of aromatic nitrogens is 1. The topological polar surface area (TPSA) is 53.4 Å². The maximum absolute atomic E-state index is 11.1. The number of anilines is 1. The van der Waals surface area contributed by atoms with Gasteiger partial charge in [-0.1, -0.05) is 20.4 Å². The molecule has 0 atom stereocenters. The molecule has 4 nitrogen and oxygen atoms in total. The highest BCUT2D eigenvalue weighted by Crippen LogP contribution is 2.22. The van der Waals surface area contributed by atoms with E-state index in [0.29, 0.717) is 17.3 Å². The van der Waals surface area contributed by atoms with Crippen molar-refractivity contribution in [1.82, 2.24) is 4.98 Å². The highest BCUT2D eigenvalue weighted by atomic mass is 16.4. The number of amides is 1. The van der Waals surface area contributed by atoms with Gasteiger partial charge in [0.25, 0.3) is 0 Å². The molecule has 0 unspecified atom stereocenters. The fourth-order valence-corrected chi connectivity index (χ4v) is 1.38. The monoisotopic (exact) mass is 220 g/mol. The van der Waals surface area contributed by atoms with Gasteiger partial charge in [0.1, 0.15) is 0 Å². The average Bonchev–Trinajstić information content (AvgIpc) is 2.16. The van der Waals surface area contributed by atoms with Gasteiger partial charge in [0.2, 0.25) is 0 Å². The maximum Gasteiger partial charge on any atom is 0.416 e. The molecule has 16 heavy (non-hydrogen) atoms. The maximum atomic E-state index is 11.1. The van der Waals surface area contributed by atoms with E-state index in [-0.39, 0.29) is 0 Å². The summed E-state index contributed by atoms with van der Waals surface area (Å²) in [5.41, 5.74) is 1.99. The van der Waals surface area contributed by atoms with Gasteiger partial charge >= 0.3 is 6.09 Å². The van der Waals surface area contributed by atoms with E-state index in [2.05, 4.69) is 11.6 Å². The van der Waals surface area contributed by atoms with Crippen LogP contribution in [0.5, 0.6) is 0 Å². The van der Waals surface area contributed by atoms with Crippen molar-refractivity contribution in [1.29, 1.82) is 0 Å². The summed E-state index contributed by atoms with van der Waals surface area (Å²) in [6.07, 6.45) is 2.22. The van der Waals surface area contributed by atoms with Gasteiger partial charge in [0.05, 0.1) is 11.9 Å². The lowest BCUT2D eigenvalue weighted by Crippen LogP contribution is -2.26. The third-order valence-electron chi connectivity index (χ3n) is 2.24. The standard InChI is InChI=1S/C12H16N2O2/c1-8(2)10-5-11(7-13-6-10)14(9(3)4)12(15)16/h5-8H,3H2,1-2,4H3,(H,15,16). The van der Waals surface area contributed by atoms with Crippen LogP contribution in [-0.4, -0.2) is 16.2 Å². The van der Waals surface area contributed by atoms with Crippen LogP contribution in [0.1, 0.15) is 32.3 Å². The Morgan fingerprint density at radius 1 is 1.50 bits per heavy atom. The summed E-state index contributed by atoms with van der Waals surface area (Å²) < 4.78 is 0. The fraction of sp³-hybridized carbons (Fsp3) is 0.333. The fourth-order valence-electron chi connectivity index (χ4n) is 1.38. The summed E-state index contributed by atoms with van der Waals surface area (Å²) in [6, 6.07) is 1.82. The van der Waals surface area contributed by atoms with Crippen molar-refractivity contribution in [3.63, 3.8) is 0 Å². The van der Waals surface area contributed by atoms with Crippen LogP contribution in [0.3, 0.4) is 0 Å². The van der Waals surface area contributed by atoms with Crippen LogP contribution in [0.4, 0.5) is 10.5 Å². The van der Waals surface area contributed by atoms with Crippen molar-refractivity contribution in [3.8, 4) is 0 Å². The molecule has 0 aliphatic rings. The highest BCUT2D eigenvalue weighted by molar-refractivity contribution is 5.89. The number of rotatable bonds is 3. The summed E-state index contributed by atoms with van der Waals surface area (Å²) >= 11 is 0. The van der Waals surface area contributed by atoms with Crippen LogP contribution in [0, 0.1) is 0 Å². The van der Waals surface area contributed by atoms with Crippen molar-refractivity contribution >= 4 is 11.8 Å². The molecule has 1 heterocycles. The molecule has 0 aliphatic heterocycles. The summed E-state index contributed by atoms with van der Waals surface area (Å²) in [6.45, 7) is 9.36. The second kappa shape index (κ2) is 4.79. The van der Waals surface area contributed by atoms with Crippen molar-refractivity contribution in [2.45, 2.75) is 26.7 Å². The number of hydrogen-bond acceptors (Lipinski definition) is 2. The minimum absolute atomic E-state index is 0.313. The van der Waals surface area contributed by atoms with Crippen LogP contribution < -0.4 is 4.90 Å². The van der Waals surface area contributed by atoms with Crippen molar-refractivity contribution in [2.75, 3.05) is 4.90 Å².